The van der Waals surface area contributed by atoms with Crippen molar-refractivity contribution in [2.45, 2.75) is 4.90 Å². The van der Waals surface area contributed by atoms with Gasteiger partial charge in [-0.25, -0.2) is 27.9 Å². The Balaban J connectivity index is 1.64. The van der Waals surface area contributed by atoms with E-state index in [0.717, 1.165) is 6.20 Å². The van der Waals surface area contributed by atoms with Crippen LogP contribution in [-0.2, 0) is 10.0 Å². The number of aromatic amines is 1. The highest BCUT2D eigenvalue weighted by molar-refractivity contribution is 7.89. The van der Waals surface area contributed by atoms with E-state index in [9.17, 15) is 12.8 Å². The fraction of sp³-hybridized carbons (Fsp3) is 0.0588. The molecule has 1 aromatic carbocycles. The summed E-state index contributed by atoms with van der Waals surface area (Å²) in [6.45, 7) is 0. The molecule has 0 radical (unpaired) electrons. The zero-order chi connectivity index (χ0) is 20.6. The predicted molar refractivity (Wildman–Crippen MR) is 105 cm³/mol. The summed E-state index contributed by atoms with van der Waals surface area (Å²) in [4.78, 5) is 14.1. The van der Waals surface area contributed by atoms with Crippen molar-refractivity contribution in [3.05, 3.63) is 54.6 Å². The summed E-state index contributed by atoms with van der Waals surface area (Å²) in [6, 6.07) is 8.96. The van der Waals surface area contributed by atoms with Crippen molar-refractivity contribution in [2.75, 3.05) is 17.3 Å². The molecule has 0 aliphatic heterocycles. The Labute approximate surface area is 164 Å². The molecule has 0 fully saturated rings. The molecule has 0 amide bonds. The number of fused-ring (bicyclic) bond motifs is 1. The summed E-state index contributed by atoms with van der Waals surface area (Å²) in [5, 5.41) is 15.5. The zero-order valence-corrected chi connectivity index (χ0v) is 15.9. The number of aromatic nitrogens is 5. The monoisotopic (exact) mass is 414 g/mol. The van der Waals surface area contributed by atoms with Crippen molar-refractivity contribution in [3.63, 3.8) is 0 Å². The highest BCUT2D eigenvalue weighted by atomic mass is 32.2. The Morgan fingerprint density at radius 3 is 2.83 bits per heavy atom. The molecule has 0 bridgehead atoms. The van der Waals surface area contributed by atoms with Crippen LogP contribution in [0, 0.1) is 5.82 Å². The van der Waals surface area contributed by atoms with Crippen LogP contribution >= 0.6 is 0 Å². The normalized spacial score (nSPS) is 11.6. The molecule has 29 heavy (non-hydrogen) atoms. The lowest BCUT2D eigenvalue weighted by Crippen LogP contribution is -2.13. The summed E-state index contributed by atoms with van der Waals surface area (Å²) >= 11 is 0. The van der Waals surface area contributed by atoms with Gasteiger partial charge in [0.2, 0.25) is 16.0 Å². The predicted octanol–water partition coefficient (Wildman–Crippen LogP) is 2.05. The fourth-order valence-corrected chi connectivity index (χ4v) is 3.26. The largest absolute Gasteiger partial charge is 0.324 e. The van der Waals surface area contributed by atoms with Gasteiger partial charge in [-0.15, -0.1) is 0 Å². The number of benzene rings is 1. The topological polar surface area (TPSA) is 143 Å². The van der Waals surface area contributed by atoms with Gasteiger partial charge in [0.1, 0.15) is 11.6 Å². The quantitative estimate of drug-likeness (QED) is 0.450. The first-order valence-electron chi connectivity index (χ1n) is 8.27. The number of halogens is 1. The highest BCUT2D eigenvalue weighted by Gasteiger charge is 2.15. The molecule has 0 aliphatic carbocycles. The summed E-state index contributed by atoms with van der Waals surface area (Å²) < 4.78 is 36.6. The molecule has 4 aromatic rings. The maximum Gasteiger partial charge on any atom is 0.238 e. The Morgan fingerprint density at radius 1 is 1.21 bits per heavy atom. The lowest BCUT2D eigenvalue weighted by molar-refractivity contribution is 0.598. The van der Waals surface area contributed by atoms with Gasteiger partial charge in [-0.3, -0.25) is 5.10 Å². The SMILES string of the molecule is CN(c1ccnc(Nc2cccc(S(N)(=O)=O)c2)n1)c1n[nH]c2ncc(F)cc12. The summed E-state index contributed by atoms with van der Waals surface area (Å²) in [5.41, 5.74) is 0.897. The number of nitrogens with two attached hydrogens (primary N) is 1. The van der Waals surface area contributed by atoms with Crippen LogP contribution in [0.4, 0.5) is 27.7 Å². The number of hydrogen-bond donors (Lipinski definition) is 3. The summed E-state index contributed by atoms with van der Waals surface area (Å²) in [6.07, 6.45) is 2.63. The number of primary sulfonamides is 1. The van der Waals surface area contributed by atoms with Gasteiger partial charge in [0.05, 0.1) is 16.5 Å². The number of H-pyrrole nitrogens is 1. The van der Waals surface area contributed by atoms with E-state index in [4.69, 9.17) is 5.14 Å². The molecule has 0 spiro atoms. The van der Waals surface area contributed by atoms with Gasteiger partial charge >= 0.3 is 0 Å². The van der Waals surface area contributed by atoms with Gasteiger partial charge in [0.15, 0.2) is 11.5 Å². The van der Waals surface area contributed by atoms with Crippen LogP contribution in [0.2, 0.25) is 0 Å². The van der Waals surface area contributed by atoms with Crippen molar-refractivity contribution in [1.82, 2.24) is 25.1 Å². The second kappa shape index (κ2) is 7.07. The number of rotatable bonds is 5. The van der Waals surface area contributed by atoms with Gasteiger partial charge in [0, 0.05) is 18.9 Å². The molecule has 3 aromatic heterocycles. The van der Waals surface area contributed by atoms with Gasteiger partial charge in [-0.05, 0) is 30.3 Å². The Bertz CT molecular complexity index is 1310. The molecular formula is C17H15FN8O2S. The molecule has 4 N–H and O–H groups in total. The lowest BCUT2D eigenvalue weighted by Gasteiger charge is -2.16. The van der Waals surface area contributed by atoms with E-state index in [-0.39, 0.29) is 10.8 Å². The van der Waals surface area contributed by atoms with E-state index in [1.807, 2.05) is 0 Å². The number of nitrogens with one attached hydrogen (secondary N) is 2. The number of sulfonamides is 1. The third-order valence-corrected chi connectivity index (χ3v) is 4.99. The van der Waals surface area contributed by atoms with Crippen molar-refractivity contribution in [3.8, 4) is 0 Å². The minimum absolute atomic E-state index is 0.0340. The first-order valence-corrected chi connectivity index (χ1v) is 9.82. The number of anilines is 4. The minimum Gasteiger partial charge on any atom is -0.324 e. The Morgan fingerprint density at radius 2 is 2.03 bits per heavy atom. The van der Waals surface area contributed by atoms with Crippen LogP contribution in [0.15, 0.2) is 53.7 Å². The molecule has 12 heteroatoms. The van der Waals surface area contributed by atoms with Crippen molar-refractivity contribution in [2.24, 2.45) is 5.14 Å². The number of hydrogen-bond acceptors (Lipinski definition) is 8. The molecule has 0 atom stereocenters. The molecule has 3 heterocycles. The maximum atomic E-state index is 13.6. The Kier molecular flexibility index (Phi) is 4.56. The van der Waals surface area contributed by atoms with Crippen LogP contribution < -0.4 is 15.4 Å². The van der Waals surface area contributed by atoms with Gasteiger partial charge in [-0.2, -0.15) is 10.1 Å². The van der Waals surface area contributed by atoms with E-state index < -0.39 is 15.8 Å². The number of nitrogens with zero attached hydrogens (tertiary/aromatic N) is 5. The number of pyridine rings is 1. The summed E-state index contributed by atoms with van der Waals surface area (Å²) in [5.74, 6) is 0.661. The smallest absolute Gasteiger partial charge is 0.238 e. The van der Waals surface area contributed by atoms with Crippen molar-refractivity contribution in [1.29, 1.82) is 0 Å². The maximum absolute atomic E-state index is 13.6. The van der Waals surface area contributed by atoms with E-state index >= 15 is 0 Å². The van der Waals surface area contributed by atoms with Gasteiger partial charge < -0.3 is 10.2 Å². The molecule has 0 saturated heterocycles. The van der Waals surface area contributed by atoms with E-state index in [1.165, 1.54) is 24.4 Å². The molecule has 0 saturated carbocycles. The minimum atomic E-state index is -3.83. The molecule has 0 aliphatic rings. The standard InChI is InChI=1S/C17H15FN8O2S/c1-26(16-13-7-10(18)9-21-15(13)24-25-16)14-5-6-20-17(23-14)22-11-3-2-4-12(8-11)29(19,27)28/h2-9H,1H3,(H2,19,27,28)(H,20,22,23)(H,21,24,25). The zero-order valence-electron chi connectivity index (χ0n) is 15.0. The second-order valence-corrected chi connectivity index (χ2v) is 7.65. The van der Waals surface area contributed by atoms with Crippen LogP contribution in [0.25, 0.3) is 11.0 Å². The fourth-order valence-electron chi connectivity index (χ4n) is 2.71. The average molecular weight is 414 g/mol. The first kappa shape index (κ1) is 18.7. The Hall–Kier alpha value is -3.64. The third-order valence-electron chi connectivity index (χ3n) is 4.08. The average Bonchev–Trinajstić information content (AvgIpc) is 3.10. The van der Waals surface area contributed by atoms with Gasteiger partial charge in [-0.1, -0.05) is 6.07 Å². The van der Waals surface area contributed by atoms with Crippen LogP contribution in [0.1, 0.15) is 0 Å². The van der Waals surface area contributed by atoms with Crippen molar-refractivity contribution >= 4 is 44.3 Å². The molecule has 10 nitrogen and oxygen atoms in total. The van der Waals surface area contributed by atoms with Crippen LogP contribution in [0.5, 0.6) is 0 Å². The van der Waals surface area contributed by atoms with E-state index in [1.54, 1.807) is 30.1 Å². The van der Waals surface area contributed by atoms with E-state index in [2.05, 4.69) is 30.5 Å². The molecule has 4 rings (SSSR count). The lowest BCUT2D eigenvalue weighted by atomic mass is 10.3. The first-order chi connectivity index (χ1) is 13.8. The molecule has 148 valence electrons. The van der Waals surface area contributed by atoms with Crippen LogP contribution in [-0.4, -0.2) is 40.6 Å². The second-order valence-electron chi connectivity index (χ2n) is 6.09. The van der Waals surface area contributed by atoms with Crippen molar-refractivity contribution < 1.29 is 12.8 Å². The molecule has 0 unspecified atom stereocenters. The van der Waals surface area contributed by atoms with Gasteiger partial charge in [0.25, 0.3) is 0 Å². The van der Waals surface area contributed by atoms with Crippen LogP contribution in [0.3, 0.4) is 0 Å². The van der Waals surface area contributed by atoms with E-state index in [0.29, 0.717) is 28.4 Å². The molecular weight excluding hydrogens is 399 g/mol. The third kappa shape index (κ3) is 3.83. The highest BCUT2D eigenvalue weighted by Crippen LogP contribution is 2.28. The summed E-state index contributed by atoms with van der Waals surface area (Å²) in [7, 11) is -2.11.